The molecular weight excluding hydrogens is 347 g/mol. The highest BCUT2D eigenvalue weighted by atomic mass is 19.4. The predicted octanol–water partition coefficient (Wildman–Crippen LogP) is 2.91. The fourth-order valence-corrected chi connectivity index (χ4v) is 2.52. The first kappa shape index (κ1) is 17.4. The zero-order valence-corrected chi connectivity index (χ0v) is 13.5. The number of nitriles is 1. The predicted molar refractivity (Wildman–Crippen MR) is 86.9 cm³/mol. The Kier molecular flexibility index (Phi) is 4.34. The number of hydrogen-bond donors (Lipinski definition) is 1. The van der Waals surface area contributed by atoms with Crippen molar-refractivity contribution in [3.05, 3.63) is 47.7 Å². The number of halogens is 3. The van der Waals surface area contributed by atoms with E-state index in [4.69, 9.17) is 5.26 Å². The molecule has 0 bridgehead atoms. The highest BCUT2D eigenvalue weighted by molar-refractivity contribution is 6.06. The van der Waals surface area contributed by atoms with Crippen LogP contribution in [0.25, 0.3) is 22.3 Å². The van der Waals surface area contributed by atoms with Crippen molar-refractivity contribution >= 4 is 16.9 Å². The maximum Gasteiger partial charge on any atom is 0.416 e. The standard InChI is InChI=1S/C17H12F3N5O/c1-25-15-13(9-23-25)12(16(26)22-6-5-21)8-14(24-15)10-3-2-4-11(7-10)17(18,19)20/h2-4,7-9H,6H2,1H3,(H,22,26). The van der Waals surface area contributed by atoms with Crippen LogP contribution >= 0.6 is 0 Å². The summed E-state index contributed by atoms with van der Waals surface area (Å²) in [6, 6.07) is 7.90. The van der Waals surface area contributed by atoms with Crippen molar-refractivity contribution in [1.82, 2.24) is 20.1 Å². The molecule has 26 heavy (non-hydrogen) atoms. The van der Waals surface area contributed by atoms with Gasteiger partial charge in [-0.05, 0) is 18.2 Å². The van der Waals surface area contributed by atoms with Crippen LogP contribution in [0.5, 0.6) is 0 Å². The van der Waals surface area contributed by atoms with Crippen LogP contribution in [0.3, 0.4) is 0 Å². The third-order valence-corrected chi connectivity index (χ3v) is 3.76. The molecule has 0 saturated heterocycles. The molecule has 1 N–H and O–H groups in total. The summed E-state index contributed by atoms with van der Waals surface area (Å²) in [5.74, 6) is -0.528. The molecule has 0 unspecified atom stereocenters. The number of carbonyl (C=O) groups is 1. The van der Waals surface area contributed by atoms with Crippen molar-refractivity contribution in [3.63, 3.8) is 0 Å². The van der Waals surface area contributed by atoms with Gasteiger partial charge < -0.3 is 5.32 Å². The summed E-state index contributed by atoms with van der Waals surface area (Å²) in [6.07, 6.45) is -3.04. The van der Waals surface area contributed by atoms with Crippen molar-refractivity contribution in [2.75, 3.05) is 6.54 Å². The fraction of sp³-hybridized carbons (Fsp3) is 0.176. The molecule has 3 aromatic rings. The molecule has 0 aliphatic carbocycles. The van der Waals surface area contributed by atoms with Crippen LogP contribution in [0.2, 0.25) is 0 Å². The lowest BCUT2D eigenvalue weighted by atomic mass is 10.0. The number of amides is 1. The number of nitrogens with one attached hydrogen (secondary N) is 1. The number of rotatable bonds is 3. The molecule has 0 spiro atoms. The van der Waals surface area contributed by atoms with Crippen molar-refractivity contribution < 1.29 is 18.0 Å². The Morgan fingerprint density at radius 2 is 2.12 bits per heavy atom. The van der Waals surface area contributed by atoms with Crippen LogP contribution in [0.1, 0.15) is 15.9 Å². The third kappa shape index (κ3) is 3.21. The van der Waals surface area contributed by atoms with Crippen molar-refractivity contribution in [2.45, 2.75) is 6.18 Å². The average Bonchev–Trinajstić information content (AvgIpc) is 2.99. The Morgan fingerprint density at radius 3 is 2.81 bits per heavy atom. The lowest BCUT2D eigenvalue weighted by molar-refractivity contribution is -0.137. The Bertz CT molecular complexity index is 1030. The summed E-state index contributed by atoms with van der Waals surface area (Å²) in [5.41, 5.74) is 0.150. The normalized spacial score (nSPS) is 11.3. The van der Waals surface area contributed by atoms with Gasteiger partial charge in [0, 0.05) is 12.6 Å². The van der Waals surface area contributed by atoms with Crippen molar-refractivity contribution in [1.29, 1.82) is 5.26 Å². The molecule has 132 valence electrons. The van der Waals surface area contributed by atoms with E-state index in [0.29, 0.717) is 11.0 Å². The SMILES string of the molecule is Cn1ncc2c(C(=O)NCC#N)cc(-c3cccc(C(F)(F)F)c3)nc21. The lowest BCUT2D eigenvalue weighted by Gasteiger charge is -2.10. The molecule has 1 amide bonds. The van der Waals surface area contributed by atoms with Crippen LogP contribution in [-0.4, -0.2) is 27.2 Å². The summed E-state index contributed by atoms with van der Waals surface area (Å²) >= 11 is 0. The summed E-state index contributed by atoms with van der Waals surface area (Å²) in [4.78, 5) is 16.7. The van der Waals surface area contributed by atoms with Gasteiger partial charge in [-0.1, -0.05) is 12.1 Å². The van der Waals surface area contributed by atoms with Gasteiger partial charge in [0.15, 0.2) is 5.65 Å². The minimum absolute atomic E-state index is 0.186. The first-order valence-corrected chi connectivity index (χ1v) is 7.47. The van der Waals surface area contributed by atoms with Crippen LogP contribution in [-0.2, 0) is 13.2 Å². The summed E-state index contributed by atoms with van der Waals surface area (Å²) in [5, 5.41) is 15.5. The van der Waals surface area contributed by atoms with Gasteiger partial charge in [0.2, 0.25) is 0 Å². The molecular formula is C17H12F3N5O. The van der Waals surface area contributed by atoms with E-state index in [-0.39, 0.29) is 23.4 Å². The number of aromatic nitrogens is 3. The van der Waals surface area contributed by atoms with Gasteiger partial charge >= 0.3 is 6.18 Å². The molecule has 0 saturated carbocycles. The molecule has 9 heteroatoms. The minimum atomic E-state index is -4.49. The van der Waals surface area contributed by atoms with Gasteiger partial charge in [-0.3, -0.25) is 9.48 Å². The van der Waals surface area contributed by atoms with Crippen LogP contribution in [0, 0.1) is 11.3 Å². The second kappa shape index (κ2) is 6.48. The zero-order chi connectivity index (χ0) is 18.9. The molecule has 1 aromatic carbocycles. The highest BCUT2D eigenvalue weighted by Crippen LogP contribution is 2.32. The largest absolute Gasteiger partial charge is 0.416 e. The first-order valence-electron chi connectivity index (χ1n) is 7.47. The number of nitrogens with zero attached hydrogens (tertiary/aromatic N) is 4. The van der Waals surface area contributed by atoms with Crippen LogP contribution in [0.15, 0.2) is 36.5 Å². The summed E-state index contributed by atoms with van der Waals surface area (Å²) in [7, 11) is 1.61. The maximum absolute atomic E-state index is 13.0. The van der Waals surface area contributed by atoms with E-state index in [1.807, 2.05) is 0 Å². The van der Waals surface area contributed by atoms with Crippen LogP contribution in [0.4, 0.5) is 13.2 Å². The van der Waals surface area contributed by atoms with E-state index in [2.05, 4.69) is 15.4 Å². The zero-order valence-electron chi connectivity index (χ0n) is 13.5. The second-order valence-corrected chi connectivity index (χ2v) is 5.48. The fourth-order valence-electron chi connectivity index (χ4n) is 2.52. The van der Waals surface area contributed by atoms with Gasteiger partial charge in [0.25, 0.3) is 5.91 Å². The van der Waals surface area contributed by atoms with E-state index < -0.39 is 17.6 Å². The molecule has 0 fully saturated rings. The first-order chi connectivity index (χ1) is 12.3. The molecule has 0 aliphatic rings. The van der Waals surface area contributed by atoms with E-state index in [0.717, 1.165) is 12.1 Å². The Morgan fingerprint density at radius 1 is 1.35 bits per heavy atom. The molecule has 6 nitrogen and oxygen atoms in total. The van der Waals surface area contributed by atoms with Gasteiger partial charge in [0.1, 0.15) is 6.54 Å². The third-order valence-electron chi connectivity index (χ3n) is 3.76. The second-order valence-electron chi connectivity index (χ2n) is 5.48. The number of benzene rings is 1. The van der Waals surface area contributed by atoms with E-state index >= 15 is 0 Å². The Labute approximate surface area is 145 Å². The van der Waals surface area contributed by atoms with Gasteiger partial charge in [-0.15, -0.1) is 0 Å². The van der Waals surface area contributed by atoms with Crippen molar-refractivity contribution in [3.8, 4) is 17.3 Å². The van der Waals surface area contributed by atoms with Gasteiger partial charge in [-0.25, -0.2) is 4.98 Å². The molecule has 0 radical (unpaired) electrons. The maximum atomic E-state index is 13.0. The van der Waals surface area contributed by atoms with Crippen molar-refractivity contribution in [2.24, 2.45) is 7.05 Å². The monoisotopic (exact) mass is 359 g/mol. The summed E-state index contributed by atoms with van der Waals surface area (Å²) in [6.45, 7) is -0.193. The Hall–Kier alpha value is -3.41. The number of hydrogen-bond acceptors (Lipinski definition) is 4. The van der Waals surface area contributed by atoms with E-state index in [1.165, 1.54) is 29.1 Å². The van der Waals surface area contributed by atoms with Gasteiger partial charge in [0.05, 0.1) is 34.5 Å². The van der Waals surface area contributed by atoms with Gasteiger partial charge in [-0.2, -0.15) is 23.5 Å². The number of carbonyl (C=O) groups excluding carboxylic acids is 1. The quantitative estimate of drug-likeness (QED) is 0.729. The number of fused-ring (bicyclic) bond motifs is 1. The molecule has 0 atom stereocenters. The summed E-state index contributed by atoms with van der Waals surface area (Å²) < 4.78 is 40.3. The average molecular weight is 359 g/mol. The molecule has 3 rings (SSSR count). The van der Waals surface area contributed by atoms with E-state index in [1.54, 1.807) is 13.1 Å². The molecule has 0 aliphatic heterocycles. The molecule has 2 aromatic heterocycles. The molecule has 2 heterocycles. The van der Waals surface area contributed by atoms with E-state index in [9.17, 15) is 18.0 Å². The highest BCUT2D eigenvalue weighted by Gasteiger charge is 2.30. The topological polar surface area (TPSA) is 83.6 Å². The smallest absolute Gasteiger partial charge is 0.339 e. The lowest BCUT2D eigenvalue weighted by Crippen LogP contribution is -2.23. The van der Waals surface area contributed by atoms with Crippen LogP contribution < -0.4 is 5.32 Å². The Balaban J connectivity index is 2.17. The number of pyridine rings is 1. The minimum Gasteiger partial charge on any atom is -0.339 e. The number of aryl methyl sites for hydroxylation is 1. The number of alkyl halides is 3.